The van der Waals surface area contributed by atoms with Crippen molar-refractivity contribution in [1.29, 1.82) is 0 Å². The molecule has 0 fully saturated rings. The molecule has 0 atom stereocenters. The molecule has 0 radical (unpaired) electrons. The van der Waals surface area contributed by atoms with Crippen molar-refractivity contribution in [2.24, 2.45) is 0 Å². The second kappa shape index (κ2) is 8.30. The monoisotopic (exact) mass is 269 g/mol. The molecule has 0 aliphatic carbocycles. The lowest BCUT2D eigenvalue weighted by Gasteiger charge is -2.22. The van der Waals surface area contributed by atoms with Crippen LogP contribution in [0.1, 0.15) is 50.8 Å². The molecule has 0 aliphatic heterocycles. The van der Waals surface area contributed by atoms with Crippen LogP contribution in [0.15, 0.2) is 6.20 Å². The van der Waals surface area contributed by atoms with Crippen molar-refractivity contribution in [2.45, 2.75) is 52.3 Å². The van der Waals surface area contributed by atoms with E-state index >= 15 is 0 Å². The number of rotatable bonds is 8. The number of unbranched alkanes of at least 4 members (excludes halogenated alkanes) is 2. The molecule has 0 aromatic carbocycles. The van der Waals surface area contributed by atoms with Crippen LogP contribution in [0.5, 0.6) is 0 Å². The van der Waals surface area contributed by atoms with Gasteiger partial charge in [0.25, 0.3) is 0 Å². The molecule has 0 amide bonds. The highest BCUT2D eigenvalue weighted by Crippen LogP contribution is 2.14. The zero-order valence-corrected chi connectivity index (χ0v) is 12.5. The topological polar surface area (TPSA) is 29.0 Å². The Balaban J connectivity index is 2.79. The maximum atomic E-state index is 5.84. The third-order valence-electron chi connectivity index (χ3n) is 3.06. The van der Waals surface area contributed by atoms with Gasteiger partial charge in [-0.25, -0.2) is 9.97 Å². The zero-order valence-electron chi connectivity index (χ0n) is 11.7. The molecular weight excluding hydrogens is 246 g/mol. The highest BCUT2D eigenvalue weighted by Gasteiger charge is 2.10. The molecule has 0 spiro atoms. The van der Waals surface area contributed by atoms with Crippen molar-refractivity contribution in [3.05, 3.63) is 17.5 Å². The minimum atomic E-state index is 0.482. The predicted octanol–water partition coefficient (Wildman–Crippen LogP) is 3.93. The summed E-state index contributed by atoms with van der Waals surface area (Å²) in [5.74, 6) is 1.33. The molecule has 1 heterocycles. The molecule has 0 unspecified atom stereocenters. The van der Waals surface area contributed by atoms with E-state index in [-0.39, 0.29) is 0 Å². The Bertz CT molecular complexity index is 347. The molecule has 102 valence electrons. The number of alkyl halides is 1. The van der Waals surface area contributed by atoms with Crippen LogP contribution in [0, 0.1) is 6.92 Å². The van der Waals surface area contributed by atoms with Gasteiger partial charge in [0.1, 0.15) is 0 Å². The fraction of sp³-hybridized carbons (Fsp3) is 0.714. The highest BCUT2D eigenvalue weighted by molar-refractivity contribution is 6.17. The Hall–Kier alpha value is -0.830. The average Bonchev–Trinajstić information content (AvgIpc) is 2.39. The van der Waals surface area contributed by atoms with Gasteiger partial charge in [-0.1, -0.05) is 26.7 Å². The number of hydrogen-bond donors (Lipinski definition) is 0. The lowest BCUT2D eigenvalue weighted by Crippen LogP contribution is -2.27. The van der Waals surface area contributed by atoms with Crippen LogP contribution >= 0.6 is 11.6 Å². The molecule has 1 rings (SSSR count). The minimum Gasteiger partial charge on any atom is -0.341 e. The smallest absolute Gasteiger partial charge is 0.225 e. The first-order valence-corrected chi connectivity index (χ1v) is 7.39. The summed E-state index contributed by atoms with van der Waals surface area (Å²) in [6.07, 6.45) is 6.62. The number of anilines is 1. The largest absolute Gasteiger partial charge is 0.341 e. The Morgan fingerprint density at radius 1 is 1.17 bits per heavy atom. The van der Waals surface area contributed by atoms with E-state index in [1.165, 1.54) is 25.7 Å². The van der Waals surface area contributed by atoms with E-state index < -0.39 is 0 Å². The molecule has 0 aliphatic rings. The van der Waals surface area contributed by atoms with E-state index in [1.807, 2.05) is 13.1 Å². The van der Waals surface area contributed by atoms with Gasteiger partial charge in [0, 0.05) is 30.5 Å². The molecule has 0 N–H and O–H groups in total. The van der Waals surface area contributed by atoms with Gasteiger partial charge < -0.3 is 4.90 Å². The second-order valence-electron chi connectivity index (χ2n) is 4.61. The number of nitrogens with zero attached hydrogens (tertiary/aromatic N) is 3. The molecule has 1 aromatic rings. The van der Waals surface area contributed by atoms with E-state index in [1.54, 1.807) is 0 Å². The summed E-state index contributed by atoms with van der Waals surface area (Å²) in [5.41, 5.74) is 2.01. The predicted molar refractivity (Wildman–Crippen MR) is 78.4 cm³/mol. The number of halogens is 1. The summed E-state index contributed by atoms with van der Waals surface area (Å²) in [7, 11) is 0. The van der Waals surface area contributed by atoms with Crippen molar-refractivity contribution in [3.8, 4) is 0 Å². The van der Waals surface area contributed by atoms with Crippen molar-refractivity contribution in [1.82, 2.24) is 9.97 Å². The lowest BCUT2D eigenvalue weighted by atomic mass is 10.2. The van der Waals surface area contributed by atoms with Gasteiger partial charge in [-0.15, -0.1) is 11.6 Å². The molecule has 0 saturated heterocycles. The molecule has 3 nitrogen and oxygen atoms in total. The van der Waals surface area contributed by atoms with E-state index in [0.717, 1.165) is 30.3 Å². The zero-order chi connectivity index (χ0) is 13.4. The summed E-state index contributed by atoms with van der Waals surface area (Å²) >= 11 is 5.84. The standard InChI is InChI=1S/C14H24ClN3/c1-4-6-8-18(9-7-5-2)14-16-11-13(10-15)12(3)17-14/h11H,4-10H2,1-3H3. The van der Waals surface area contributed by atoms with Crippen molar-refractivity contribution < 1.29 is 0 Å². The third kappa shape index (κ3) is 4.45. The number of hydrogen-bond acceptors (Lipinski definition) is 3. The first kappa shape index (κ1) is 15.2. The van der Waals surface area contributed by atoms with Gasteiger partial charge >= 0.3 is 0 Å². The highest BCUT2D eigenvalue weighted by atomic mass is 35.5. The van der Waals surface area contributed by atoms with Gasteiger partial charge in [-0.3, -0.25) is 0 Å². The molecule has 1 aromatic heterocycles. The van der Waals surface area contributed by atoms with Crippen LogP contribution in [0.25, 0.3) is 0 Å². The SMILES string of the molecule is CCCCN(CCCC)c1ncc(CCl)c(C)n1. The summed E-state index contributed by atoms with van der Waals surface area (Å²) < 4.78 is 0. The normalized spacial score (nSPS) is 10.7. The van der Waals surface area contributed by atoms with Crippen LogP contribution in [0.3, 0.4) is 0 Å². The lowest BCUT2D eigenvalue weighted by molar-refractivity contribution is 0.661. The fourth-order valence-electron chi connectivity index (χ4n) is 1.77. The van der Waals surface area contributed by atoms with Gasteiger partial charge in [-0.2, -0.15) is 0 Å². The Labute approximate surface area is 116 Å². The van der Waals surface area contributed by atoms with Crippen molar-refractivity contribution in [3.63, 3.8) is 0 Å². The van der Waals surface area contributed by atoms with E-state index in [4.69, 9.17) is 11.6 Å². The maximum Gasteiger partial charge on any atom is 0.225 e. The second-order valence-corrected chi connectivity index (χ2v) is 4.88. The summed E-state index contributed by atoms with van der Waals surface area (Å²) in [5, 5.41) is 0. The van der Waals surface area contributed by atoms with E-state index in [0.29, 0.717) is 5.88 Å². The molecule has 0 saturated carbocycles. The summed E-state index contributed by atoms with van der Waals surface area (Å²) in [4.78, 5) is 11.3. The maximum absolute atomic E-state index is 5.84. The Morgan fingerprint density at radius 2 is 1.78 bits per heavy atom. The Morgan fingerprint density at radius 3 is 2.22 bits per heavy atom. The van der Waals surface area contributed by atoms with Crippen molar-refractivity contribution >= 4 is 17.5 Å². The van der Waals surface area contributed by atoms with Crippen LogP contribution in [0.2, 0.25) is 0 Å². The van der Waals surface area contributed by atoms with E-state index in [2.05, 4.69) is 28.7 Å². The first-order chi connectivity index (χ1) is 8.72. The molecule has 4 heteroatoms. The van der Waals surface area contributed by atoms with Crippen LogP contribution in [-0.2, 0) is 5.88 Å². The van der Waals surface area contributed by atoms with Gasteiger partial charge in [0.15, 0.2) is 0 Å². The molecule has 18 heavy (non-hydrogen) atoms. The molecule has 0 bridgehead atoms. The minimum absolute atomic E-state index is 0.482. The van der Waals surface area contributed by atoms with E-state index in [9.17, 15) is 0 Å². The van der Waals surface area contributed by atoms with Gasteiger partial charge in [0.05, 0.1) is 5.88 Å². The van der Waals surface area contributed by atoms with Crippen LogP contribution in [-0.4, -0.2) is 23.1 Å². The summed E-state index contributed by atoms with van der Waals surface area (Å²) in [6.45, 7) is 8.49. The van der Waals surface area contributed by atoms with Gasteiger partial charge in [-0.05, 0) is 19.8 Å². The van der Waals surface area contributed by atoms with Crippen LogP contribution in [0.4, 0.5) is 5.95 Å². The summed E-state index contributed by atoms with van der Waals surface area (Å²) in [6, 6.07) is 0. The number of aromatic nitrogens is 2. The van der Waals surface area contributed by atoms with Crippen molar-refractivity contribution in [2.75, 3.05) is 18.0 Å². The average molecular weight is 270 g/mol. The third-order valence-corrected chi connectivity index (χ3v) is 3.35. The fourth-order valence-corrected chi connectivity index (χ4v) is 2.04. The number of aryl methyl sites for hydroxylation is 1. The quantitative estimate of drug-likeness (QED) is 0.670. The first-order valence-electron chi connectivity index (χ1n) is 6.86. The Kier molecular flexibility index (Phi) is 7.02. The van der Waals surface area contributed by atoms with Crippen LogP contribution < -0.4 is 4.90 Å². The molecular formula is C14H24ClN3. The van der Waals surface area contributed by atoms with Gasteiger partial charge in [0.2, 0.25) is 5.95 Å².